The normalized spacial score (nSPS) is 12.2. The summed E-state index contributed by atoms with van der Waals surface area (Å²) < 4.78 is 19.9. The lowest BCUT2D eigenvalue weighted by Crippen LogP contribution is -2.23. The second-order valence-corrected chi connectivity index (χ2v) is 3.30. The molecule has 0 rings (SSSR count). The minimum absolute atomic E-state index is 0.0297. The van der Waals surface area contributed by atoms with Crippen LogP contribution in [-0.4, -0.2) is 33.0 Å². The average molecular weight is 232 g/mol. The van der Waals surface area contributed by atoms with Crippen molar-refractivity contribution in [2.75, 3.05) is 20.7 Å². The van der Waals surface area contributed by atoms with Gasteiger partial charge in [-0.05, 0) is 6.92 Å². The summed E-state index contributed by atoms with van der Waals surface area (Å²) in [5.41, 5.74) is 0.350. The van der Waals surface area contributed by atoms with E-state index >= 15 is 0 Å². The zero-order valence-electron chi connectivity index (χ0n) is 10.2. The van der Waals surface area contributed by atoms with Crippen molar-refractivity contribution in [3.63, 3.8) is 0 Å². The third kappa shape index (κ3) is 7.39. The van der Waals surface area contributed by atoms with Gasteiger partial charge in [0.1, 0.15) is 6.79 Å². The highest BCUT2D eigenvalue weighted by molar-refractivity contribution is 5.86. The van der Waals surface area contributed by atoms with Gasteiger partial charge in [-0.15, -0.1) is 0 Å². The van der Waals surface area contributed by atoms with Gasteiger partial charge in [0.25, 0.3) is 0 Å². The summed E-state index contributed by atoms with van der Waals surface area (Å²) in [4.78, 5) is 11.2. The summed E-state index contributed by atoms with van der Waals surface area (Å²) in [7, 11) is 1.52. The van der Waals surface area contributed by atoms with Crippen LogP contribution in [0.3, 0.4) is 0 Å². The molecule has 5 nitrogen and oxygen atoms in total. The van der Waals surface area contributed by atoms with Crippen molar-refractivity contribution < 1.29 is 23.7 Å². The van der Waals surface area contributed by atoms with E-state index < -0.39 is 12.3 Å². The van der Waals surface area contributed by atoms with Gasteiger partial charge < -0.3 is 18.9 Å². The molecule has 0 saturated carbocycles. The fraction of sp³-hybridized carbons (Fsp3) is 0.727. The van der Waals surface area contributed by atoms with Gasteiger partial charge in [0.15, 0.2) is 6.79 Å². The van der Waals surface area contributed by atoms with E-state index in [2.05, 4.69) is 11.3 Å². The summed E-state index contributed by atoms with van der Waals surface area (Å²) in [5, 5.41) is 0. The van der Waals surface area contributed by atoms with Crippen molar-refractivity contribution >= 4 is 5.97 Å². The maximum absolute atomic E-state index is 11.2. The molecule has 0 spiro atoms. The molecule has 0 aliphatic rings. The van der Waals surface area contributed by atoms with Crippen LogP contribution in [0.15, 0.2) is 12.2 Å². The fourth-order valence-electron chi connectivity index (χ4n) is 0.873. The molecule has 0 heterocycles. The van der Waals surface area contributed by atoms with E-state index in [4.69, 9.17) is 14.2 Å². The Morgan fingerprint density at radius 1 is 1.38 bits per heavy atom. The van der Waals surface area contributed by atoms with E-state index in [1.165, 1.54) is 7.11 Å². The Morgan fingerprint density at radius 2 is 2.06 bits per heavy atom. The van der Waals surface area contributed by atoms with E-state index in [0.717, 1.165) is 6.42 Å². The van der Waals surface area contributed by atoms with Crippen LogP contribution in [0, 0.1) is 0 Å². The van der Waals surface area contributed by atoms with Gasteiger partial charge in [-0.25, -0.2) is 4.79 Å². The molecule has 0 N–H and O–H groups in total. The van der Waals surface area contributed by atoms with Crippen molar-refractivity contribution in [3.05, 3.63) is 12.2 Å². The van der Waals surface area contributed by atoms with Gasteiger partial charge in [0.2, 0.25) is 6.29 Å². The van der Waals surface area contributed by atoms with Crippen LogP contribution in [-0.2, 0) is 23.7 Å². The highest BCUT2D eigenvalue weighted by Crippen LogP contribution is 2.07. The SMILES string of the molecule is C=C(C)C(=O)OC(CCC)OCOCOC. The van der Waals surface area contributed by atoms with Crippen LogP contribution in [0.2, 0.25) is 0 Å². The highest BCUT2D eigenvalue weighted by atomic mass is 16.8. The Bertz CT molecular complexity index is 214. The van der Waals surface area contributed by atoms with Crippen LogP contribution in [0.25, 0.3) is 0 Å². The molecule has 0 saturated heterocycles. The van der Waals surface area contributed by atoms with E-state index in [1.807, 2.05) is 6.92 Å². The molecule has 16 heavy (non-hydrogen) atoms. The quantitative estimate of drug-likeness (QED) is 0.263. The predicted molar refractivity (Wildman–Crippen MR) is 58.5 cm³/mol. The number of ether oxygens (including phenoxy) is 4. The minimum atomic E-state index is -0.592. The third-order valence-electron chi connectivity index (χ3n) is 1.65. The summed E-state index contributed by atoms with van der Waals surface area (Å²) in [6.45, 7) is 7.24. The first kappa shape index (κ1) is 15.1. The van der Waals surface area contributed by atoms with Crippen LogP contribution < -0.4 is 0 Å². The van der Waals surface area contributed by atoms with Crippen LogP contribution in [0.1, 0.15) is 26.7 Å². The zero-order chi connectivity index (χ0) is 12.4. The second-order valence-electron chi connectivity index (χ2n) is 3.30. The molecule has 0 aromatic carbocycles. The minimum Gasteiger partial charge on any atom is -0.432 e. The van der Waals surface area contributed by atoms with Gasteiger partial charge in [-0.3, -0.25) is 0 Å². The van der Waals surface area contributed by atoms with E-state index in [0.29, 0.717) is 12.0 Å². The Morgan fingerprint density at radius 3 is 2.56 bits per heavy atom. The highest BCUT2D eigenvalue weighted by Gasteiger charge is 2.14. The van der Waals surface area contributed by atoms with Gasteiger partial charge >= 0.3 is 5.97 Å². The van der Waals surface area contributed by atoms with Gasteiger partial charge in [-0.1, -0.05) is 19.9 Å². The van der Waals surface area contributed by atoms with E-state index in [-0.39, 0.29) is 13.6 Å². The lowest BCUT2D eigenvalue weighted by atomic mass is 10.3. The monoisotopic (exact) mass is 232 g/mol. The van der Waals surface area contributed by atoms with Crippen molar-refractivity contribution in [2.45, 2.75) is 33.0 Å². The van der Waals surface area contributed by atoms with Crippen molar-refractivity contribution in [1.82, 2.24) is 0 Å². The standard InChI is InChI=1S/C11H20O5/c1-5-6-10(15-8-14-7-13-4)16-11(12)9(2)3/h10H,2,5-8H2,1,3-4H3. The maximum Gasteiger partial charge on any atom is 0.335 e. The molecule has 0 radical (unpaired) electrons. The van der Waals surface area contributed by atoms with E-state index in [1.54, 1.807) is 6.92 Å². The number of hydrogen-bond donors (Lipinski definition) is 0. The third-order valence-corrected chi connectivity index (χ3v) is 1.65. The lowest BCUT2D eigenvalue weighted by molar-refractivity contribution is -0.213. The molecule has 0 fully saturated rings. The first-order chi connectivity index (χ1) is 7.61. The molecule has 0 aliphatic carbocycles. The number of carbonyl (C=O) groups is 1. The summed E-state index contributed by atoms with van der Waals surface area (Å²) >= 11 is 0. The Hall–Kier alpha value is -0.910. The lowest BCUT2D eigenvalue weighted by Gasteiger charge is -2.17. The van der Waals surface area contributed by atoms with Gasteiger partial charge in [0, 0.05) is 19.1 Å². The maximum atomic E-state index is 11.2. The number of hydrogen-bond acceptors (Lipinski definition) is 5. The summed E-state index contributed by atoms with van der Waals surface area (Å²) in [5.74, 6) is -0.454. The summed E-state index contributed by atoms with van der Waals surface area (Å²) in [6, 6.07) is 0. The molecule has 0 amide bonds. The number of methoxy groups -OCH3 is 1. The molecule has 0 bridgehead atoms. The largest absolute Gasteiger partial charge is 0.432 e. The molecule has 1 unspecified atom stereocenters. The number of carbonyl (C=O) groups excluding carboxylic acids is 1. The van der Waals surface area contributed by atoms with Crippen molar-refractivity contribution in [3.8, 4) is 0 Å². The second kappa shape index (κ2) is 9.33. The number of rotatable bonds is 9. The van der Waals surface area contributed by atoms with Crippen molar-refractivity contribution in [2.24, 2.45) is 0 Å². The van der Waals surface area contributed by atoms with Crippen LogP contribution in [0.4, 0.5) is 0 Å². The summed E-state index contributed by atoms with van der Waals surface area (Å²) in [6.07, 6.45) is 0.874. The topological polar surface area (TPSA) is 54.0 Å². The number of esters is 1. The van der Waals surface area contributed by atoms with Crippen LogP contribution >= 0.6 is 0 Å². The fourth-order valence-corrected chi connectivity index (χ4v) is 0.873. The molecule has 1 atom stereocenters. The molecule has 0 aliphatic heterocycles. The Labute approximate surface area is 96.3 Å². The molecule has 94 valence electrons. The smallest absolute Gasteiger partial charge is 0.335 e. The first-order valence-electron chi connectivity index (χ1n) is 5.16. The molecule has 0 aromatic rings. The van der Waals surface area contributed by atoms with Gasteiger partial charge in [-0.2, -0.15) is 0 Å². The molecule has 0 aromatic heterocycles. The van der Waals surface area contributed by atoms with Gasteiger partial charge in [0.05, 0.1) is 0 Å². The Balaban J connectivity index is 3.87. The molecule has 5 heteroatoms. The predicted octanol–water partition coefficient (Wildman–Crippen LogP) is 1.83. The first-order valence-corrected chi connectivity index (χ1v) is 5.16. The average Bonchev–Trinajstić information content (AvgIpc) is 2.24. The molecular weight excluding hydrogens is 212 g/mol. The Kier molecular flexibility index (Phi) is 8.80. The zero-order valence-corrected chi connectivity index (χ0v) is 10.2. The molecular formula is C11H20O5. The van der Waals surface area contributed by atoms with E-state index in [9.17, 15) is 4.79 Å². The van der Waals surface area contributed by atoms with Crippen LogP contribution in [0.5, 0.6) is 0 Å². The van der Waals surface area contributed by atoms with Crippen molar-refractivity contribution in [1.29, 1.82) is 0 Å².